The van der Waals surface area contributed by atoms with Gasteiger partial charge in [0.05, 0.1) is 23.9 Å². The third-order valence-electron chi connectivity index (χ3n) is 5.95. The van der Waals surface area contributed by atoms with Crippen LogP contribution < -0.4 is 24.5 Å². The maximum atomic E-state index is 13.4. The van der Waals surface area contributed by atoms with Gasteiger partial charge in [-0.3, -0.25) is 13.9 Å². The van der Waals surface area contributed by atoms with Gasteiger partial charge >= 0.3 is 0 Å². The Hall–Kier alpha value is -5.16. The highest BCUT2D eigenvalue weighted by molar-refractivity contribution is 7.92. The number of nitrogens with zero attached hydrogens (tertiary/aromatic N) is 2. The molecule has 0 saturated heterocycles. The summed E-state index contributed by atoms with van der Waals surface area (Å²) in [5.74, 6) is -0.00797. The molecule has 216 valence electrons. The first-order valence-corrected chi connectivity index (χ1v) is 14.3. The first kappa shape index (κ1) is 29.8. The number of carbonyl (C=O) groups excluding carboxylic acids is 2. The van der Waals surface area contributed by atoms with Crippen LogP contribution in [0, 0.1) is 6.92 Å². The van der Waals surface area contributed by atoms with Gasteiger partial charge in [0.1, 0.15) is 18.0 Å². The highest BCUT2D eigenvalue weighted by Crippen LogP contribution is 2.26. The summed E-state index contributed by atoms with van der Waals surface area (Å²) < 4.78 is 38.6. The smallest absolute Gasteiger partial charge is 0.264 e. The first-order chi connectivity index (χ1) is 20.2. The van der Waals surface area contributed by atoms with Crippen LogP contribution in [0.15, 0.2) is 113 Å². The van der Waals surface area contributed by atoms with Crippen molar-refractivity contribution in [2.45, 2.75) is 11.8 Å². The minimum atomic E-state index is -4.06. The number of methoxy groups -OCH3 is 1. The van der Waals surface area contributed by atoms with Gasteiger partial charge in [-0.15, -0.1) is 0 Å². The predicted molar refractivity (Wildman–Crippen MR) is 161 cm³/mol. The summed E-state index contributed by atoms with van der Waals surface area (Å²) in [7, 11) is -2.59. The number of aryl methyl sites for hydroxylation is 1. The van der Waals surface area contributed by atoms with Gasteiger partial charge in [0.15, 0.2) is 6.61 Å². The van der Waals surface area contributed by atoms with Crippen LogP contribution in [-0.2, 0) is 19.6 Å². The van der Waals surface area contributed by atoms with Crippen molar-refractivity contribution in [2.75, 3.05) is 29.9 Å². The fourth-order valence-electron chi connectivity index (χ4n) is 3.78. The number of carbonyl (C=O) groups is 2. The van der Waals surface area contributed by atoms with Gasteiger partial charge in [-0.1, -0.05) is 42.0 Å². The van der Waals surface area contributed by atoms with Crippen molar-refractivity contribution < 1.29 is 27.5 Å². The number of hydrazone groups is 1. The molecule has 0 fully saturated rings. The highest BCUT2D eigenvalue weighted by Gasteiger charge is 2.27. The Labute approximate surface area is 244 Å². The minimum Gasteiger partial charge on any atom is -0.497 e. The Balaban J connectivity index is 1.35. The second kappa shape index (κ2) is 14.0. The zero-order valence-electron chi connectivity index (χ0n) is 23.1. The van der Waals surface area contributed by atoms with Gasteiger partial charge in [-0.25, -0.2) is 13.8 Å². The number of benzene rings is 4. The molecule has 11 heteroatoms. The topological polar surface area (TPSA) is 126 Å². The summed E-state index contributed by atoms with van der Waals surface area (Å²) in [6.07, 6.45) is 1.41. The number of sulfonamides is 1. The van der Waals surface area contributed by atoms with E-state index in [4.69, 9.17) is 9.47 Å². The van der Waals surface area contributed by atoms with E-state index in [1.165, 1.54) is 31.5 Å². The number of anilines is 2. The average molecular weight is 587 g/mol. The fourth-order valence-corrected chi connectivity index (χ4v) is 5.21. The van der Waals surface area contributed by atoms with Crippen LogP contribution in [0.5, 0.6) is 11.5 Å². The summed E-state index contributed by atoms with van der Waals surface area (Å²) in [5, 5.41) is 6.72. The van der Waals surface area contributed by atoms with Crippen molar-refractivity contribution in [3.05, 3.63) is 114 Å². The van der Waals surface area contributed by atoms with Crippen molar-refractivity contribution in [3.63, 3.8) is 0 Å². The molecule has 0 bridgehead atoms. The van der Waals surface area contributed by atoms with Crippen LogP contribution >= 0.6 is 0 Å². The van der Waals surface area contributed by atoms with E-state index in [9.17, 15) is 18.0 Å². The van der Waals surface area contributed by atoms with Gasteiger partial charge in [0.25, 0.3) is 21.8 Å². The Bertz CT molecular complexity index is 1640. The quantitative estimate of drug-likeness (QED) is 0.188. The number of ether oxygens (including phenoxy) is 2. The van der Waals surface area contributed by atoms with Gasteiger partial charge in [-0.2, -0.15) is 5.10 Å². The molecule has 0 atom stereocenters. The average Bonchev–Trinajstić information content (AvgIpc) is 3.01. The molecule has 2 amide bonds. The van der Waals surface area contributed by atoms with Crippen LogP contribution in [0.25, 0.3) is 0 Å². The van der Waals surface area contributed by atoms with Gasteiger partial charge < -0.3 is 14.8 Å². The number of amides is 2. The molecule has 0 heterocycles. The number of hydrogen-bond donors (Lipinski definition) is 2. The molecule has 42 heavy (non-hydrogen) atoms. The zero-order valence-corrected chi connectivity index (χ0v) is 23.9. The summed E-state index contributed by atoms with van der Waals surface area (Å²) in [4.78, 5) is 25.0. The standard InChI is InChI=1S/C31H30N4O6S/c1-23-11-15-25(16-12-23)33-31(37)22-41-27-17-13-24(14-18-27)20-32-34-30(36)21-35(26-7-6-8-28(19-26)40-2)42(38,39)29-9-4-3-5-10-29/h3-20H,21-22H2,1-2H3,(H,33,37)(H,34,36)/b32-20-. The molecule has 10 nitrogen and oxygen atoms in total. The molecule has 0 radical (unpaired) electrons. The lowest BCUT2D eigenvalue weighted by Crippen LogP contribution is -2.39. The molecule has 0 aliphatic carbocycles. The van der Waals surface area contributed by atoms with Crippen molar-refractivity contribution in [3.8, 4) is 11.5 Å². The Kier molecular flexibility index (Phi) is 9.90. The number of hydrogen-bond acceptors (Lipinski definition) is 7. The third-order valence-corrected chi connectivity index (χ3v) is 7.74. The molecule has 4 rings (SSSR count). The fraction of sp³-hybridized carbons (Fsp3) is 0.129. The van der Waals surface area contributed by atoms with E-state index in [-0.39, 0.29) is 23.1 Å². The molecule has 0 saturated carbocycles. The van der Waals surface area contributed by atoms with E-state index in [1.54, 1.807) is 60.7 Å². The van der Waals surface area contributed by atoms with E-state index in [1.807, 2.05) is 31.2 Å². The Morgan fingerprint density at radius 3 is 2.26 bits per heavy atom. The first-order valence-electron chi connectivity index (χ1n) is 12.9. The molecule has 0 aliphatic rings. The largest absolute Gasteiger partial charge is 0.497 e. The predicted octanol–water partition coefficient (Wildman–Crippen LogP) is 4.37. The van der Waals surface area contributed by atoms with E-state index >= 15 is 0 Å². The monoisotopic (exact) mass is 586 g/mol. The van der Waals surface area contributed by atoms with E-state index in [0.29, 0.717) is 22.7 Å². The van der Waals surface area contributed by atoms with Crippen LogP contribution in [0.1, 0.15) is 11.1 Å². The minimum absolute atomic E-state index is 0.0408. The second-order valence-corrected chi connectivity index (χ2v) is 11.0. The van der Waals surface area contributed by atoms with Crippen molar-refractivity contribution in [1.82, 2.24) is 5.43 Å². The number of nitrogens with one attached hydrogen (secondary N) is 2. The summed E-state index contributed by atoms with van der Waals surface area (Å²) in [5.41, 5.74) is 5.07. The maximum Gasteiger partial charge on any atom is 0.264 e. The molecule has 0 aliphatic heterocycles. The number of rotatable bonds is 12. The van der Waals surface area contributed by atoms with Crippen LogP contribution in [0.2, 0.25) is 0 Å². The molecular weight excluding hydrogens is 556 g/mol. The van der Waals surface area contributed by atoms with Gasteiger partial charge in [0, 0.05) is 11.8 Å². The van der Waals surface area contributed by atoms with Crippen molar-refractivity contribution in [1.29, 1.82) is 0 Å². The van der Waals surface area contributed by atoms with E-state index < -0.39 is 22.5 Å². The molecule has 2 N–H and O–H groups in total. The third kappa shape index (κ3) is 8.18. The molecule has 4 aromatic rings. The maximum absolute atomic E-state index is 13.4. The van der Waals surface area contributed by atoms with Crippen LogP contribution in [0.3, 0.4) is 0 Å². The highest BCUT2D eigenvalue weighted by atomic mass is 32.2. The normalized spacial score (nSPS) is 11.1. The molecule has 0 spiro atoms. The van der Waals surface area contributed by atoms with Crippen molar-refractivity contribution in [2.24, 2.45) is 5.10 Å². The lowest BCUT2D eigenvalue weighted by molar-refractivity contribution is -0.119. The Morgan fingerprint density at radius 2 is 1.57 bits per heavy atom. The van der Waals surface area contributed by atoms with E-state index in [0.717, 1.165) is 9.87 Å². The van der Waals surface area contributed by atoms with Gasteiger partial charge in [-0.05, 0) is 73.2 Å². The van der Waals surface area contributed by atoms with Crippen LogP contribution in [-0.4, -0.2) is 46.7 Å². The van der Waals surface area contributed by atoms with Gasteiger partial charge in [0.2, 0.25) is 0 Å². The SMILES string of the molecule is COc1cccc(N(CC(=O)N/N=C\c2ccc(OCC(=O)Nc3ccc(C)cc3)cc2)S(=O)(=O)c2ccccc2)c1. The Morgan fingerprint density at radius 1 is 0.857 bits per heavy atom. The second-order valence-electron chi connectivity index (χ2n) is 9.09. The van der Waals surface area contributed by atoms with E-state index in [2.05, 4.69) is 15.8 Å². The zero-order chi connectivity index (χ0) is 30.0. The van der Waals surface area contributed by atoms with Crippen molar-refractivity contribution >= 4 is 39.4 Å². The summed E-state index contributed by atoms with van der Waals surface area (Å²) in [6, 6.07) is 28.5. The summed E-state index contributed by atoms with van der Waals surface area (Å²) in [6.45, 7) is 1.29. The summed E-state index contributed by atoms with van der Waals surface area (Å²) >= 11 is 0. The van der Waals surface area contributed by atoms with Crippen LogP contribution in [0.4, 0.5) is 11.4 Å². The lowest BCUT2D eigenvalue weighted by Gasteiger charge is -2.24. The molecule has 0 aromatic heterocycles. The lowest BCUT2D eigenvalue weighted by atomic mass is 10.2. The molecular formula is C31H30N4O6S. The molecule has 0 unspecified atom stereocenters. The molecule has 4 aromatic carbocycles.